The Morgan fingerprint density at radius 1 is 1.41 bits per heavy atom. The van der Waals surface area contributed by atoms with Gasteiger partial charge >= 0.3 is 0 Å². The molecule has 1 aromatic rings. The predicted molar refractivity (Wildman–Crippen MR) is 87.2 cm³/mol. The molecule has 0 atom stereocenters. The molecule has 0 aliphatic carbocycles. The van der Waals surface area contributed by atoms with Gasteiger partial charge in [-0.3, -0.25) is 4.79 Å². The number of methoxy groups -OCH3 is 1. The number of unbranched alkanes of at least 4 members (excludes halogenated alkanes) is 1. The number of aromatic nitrogens is 1. The van der Waals surface area contributed by atoms with Crippen molar-refractivity contribution in [1.29, 1.82) is 0 Å². The number of piperidine rings is 1. The van der Waals surface area contributed by atoms with Gasteiger partial charge in [0.2, 0.25) is 5.88 Å². The van der Waals surface area contributed by atoms with Crippen LogP contribution in [0.1, 0.15) is 43.0 Å². The lowest BCUT2D eigenvalue weighted by Crippen LogP contribution is -2.34. The van der Waals surface area contributed by atoms with Gasteiger partial charge in [0.05, 0.1) is 7.11 Å². The van der Waals surface area contributed by atoms with E-state index in [1.54, 1.807) is 18.3 Å². The molecule has 2 heterocycles. The van der Waals surface area contributed by atoms with Gasteiger partial charge in [0.25, 0.3) is 5.91 Å². The fourth-order valence-corrected chi connectivity index (χ4v) is 2.77. The summed E-state index contributed by atoms with van der Waals surface area (Å²) in [4.78, 5) is 18.7. The van der Waals surface area contributed by atoms with Crippen LogP contribution in [0.15, 0.2) is 18.3 Å². The Morgan fingerprint density at radius 3 is 2.91 bits per heavy atom. The molecule has 0 aromatic carbocycles. The zero-order chi connectivity index (χ0) is 15.8. The normalized spacial score (nSPS) is 16.5. The molecule has 1 fully saturated rings. The number of nitrogens with zero attached hydrogens (tertiary/aromatic N) is 2. The number of likely N-dealkylation sites (tertiary alicyclic amines) is 1. The van der Waals surface area contributed by atoms with E-state index in [9.17, 15) is 4.79 Å². The van der Waals surface area contributed by atoms with E-state index < -0.39 is 0 Å². The molecule has 0 spiro atoms. The summed E-state index contributed by atoms with van der Waals surface area (Å²) in [6, 6.07) is 3.48. The zero-order valence-corrected chi connectivity index (χ0v) is 13.7. The van der Waals surface area contributed by atoms with Crippen LogP contribution in [0, 0.1) is 5.92 Å². The van der Waals surface area contributed by atoms with E-state index in [4.69, 9.17) is 4.74 Å². The van der Waals surface area contributed by atoms with Gasteiger partial charge in [0.15, 0.2) is 0 Å². The minimum Gasteiger partial charge on any atom is -0.480 e. The lowest BCUT2D eigenvalue weighted by Gasteiger charge is -2.30. The maximum atomic E-state index is 12.1. The van der Waals surface area contributed by atoms with Crippen molar-refractivity contribution in [3.8, 4) is 5.88 Å². The van der Waals surface area contributed by atoms with Crippen LogP contribution >= 0.6 is 0 Å². The largest absolute Gasteiger partial charge is 0.480 e. The quantitative estimate of drug-likeness (QED) is 0.786. The molecule has 1 aliphatic rings. The summed E-state index contributed by atoms with van der Waals surface area (Å²) < 4.78 is 5.10. The highest BCUT2D eigenvalue weighted by Crippen LogP contribution is 2.16. The number of pyridine rings is 1. The molecule has 0 unspecified atom stereocenters. The molecule has 1 saturated heterocycles. The molecule has 122 valence electrons. The first-order valence-corrected chi connectivity index (χ1v) is 8.20. The molecule has 1 aromatic heterocycles. The second kappa shape index (κ2) is 8.73. The van der Waals surface area contributed by atoms with Crippen molar-refractivity contribution in [2.24, 2.45) is 5.92 Å². The number of nitrogens with one attached hydrogen (secondary N) is 1. The third kappa shape index (κ3) is 4.98. The average Bonchev–Trinajstić information content (AvgIpc) is 2.56. The van der Waals surface area contributed by atoms with Crippen molar-refractivity contribution in [1.82, 2.24) is 15.2 Å². The number of carbonyl (C=O) groups excluding carboxylic acids is 1. The van der Waals surface area contributed by atoms with Crippen molar-refractivity contribution >= 4 is 5.91 Å². The third-order valence-corrected chi connectivity index (χ3v) is 4.27. The van der Waals surface area contributed by atoms with Crippen LogP contribution in [0.2, 0.25) is 0 Å². The number of hydrogen-bond donors (Lipinski definition) is 1. The first kappa shape index (κ1) is 16.7. The Labute approximate surface area is 133 Å². The van der Waals surface area contributed by atoms with Gasteiger partial charge in [-0.15, -0.1) is 0 Å². The van der Waals surface area contributed by atoms with E-state index in [1.165, 1.54) is 33.0 Å². The van der Waals surface area contributed by atoms with E-state index in [0.717, 1.165) is 25.3 Å². The summed E-state index contributed by atoms with van der Waals surface area (Å²) in [6.45, 7) is 6.61. The highest BCUT2D eigenvalue weighted by atomic mass is 16.5. The fraction of sp³-hybridized carbons (Fsp3) is 0.647. The van der Waals surface area contributed by atoms with Gasteiger partial charge in [-0.2, -0.15) is 0 Å². The summed E-state index contributed by atoms with van der Waals surface area (Å²) >= 11 is 0. The first-order valence-electron chi connectivity index (χ1n) is 8.20. The maximum Gasteiger partial charge on any atom is 0.256 e. The van der Waals surface area contributed by atoms with E-state index in [1.807, 2.05) is 0 Å². The summed E-state index contributed by atoms with van der Waals surface area (Å²) in [5, 5.41) is 2.94. The molecular formula is C17H27N3O2. The molecule has 1 amide bonds. The molecule has 22 heavy (non-hydrogen) atoms. The smallest absolute Gasteiger partial charge is 0.256 e. The van der Waals surface area contributed by atoms with Crippen molar-refractivity contribution in [3.05, 3.63) is 23.9 Å². The molecule has 1 aliphatic heterocycles. The molecule has 1 N–H and O–H groups in total. The number of carbonyl (C=O) groups is 1. The van der Waals surface area contributed by atoms with E-state index in [-0.39, 0.29) is 5.91 Å². The van der Waals surface area contributed by atoms with Crippen LogP contribution in [-0.4, -0.2) is 49.1 Å². The summed E-state index contributed by atoms with van der Waals surface area (Å²) in [6.07, 6.45) is 6.38. The number of hydrogen-bond acceptors (Lipinski definition) is 4. The topological polar surface area (TPSA) is 54.5 Å². The van der Waals surface area contributed by atoms with Crippen molar-refractivity contribution in [2.75, 3.05) is 33.3 Å². The minimum absolute atomic E-state index is 0.114. The van der Waals surface area contributed by atoms with Crippen LogP contribution < -0.4 is 10.1 Å². The second-order valence-corrected chi connectivity index (χ2v) is 6.05. The van der Waals surface area contributed by atoms with Crippen LogP contribution in [0.25, 0.3) is 0 Å². The van der Waals surface area contributed by atoms with E-state index in [0.29, 0.717) is 18.0 Å². The standard InChI is InChI=1S/C17H27N3O2/c1-14-7-12-20(13-8-14)11-4-3-9-18-16(21)15-6-5-10-19-17(15)22-2/h5-6,10,14H,3-4,7-9,11-13H2,1-2H3,(H,18,21). The summed E-state index contributed by atoms with van der Waals surface area (Å²) in [5.41, 5.74) is 0.495. The highest BCUT2D eigenvalue weighted by molar-refractivity contribution is 5.96. The number of ether oxygens (including phenoxy) is 1. The molecule has 5 nitrogen and oxygen atoms in total. The average molecular weight is 305 g/mol. The van der Waals surface area contributed by atoms with E-state index >= 15 is 0 Å². The molecule has 0 radical (unpaired) electrons. The van der Waals surface area contributed by atoms with Gasteiger partial charge in [0.1, 0.15) is 5.56 Å². The predicted octanol–water partition coefficient (Wildman–Crippen LogP) is 2.33. The Bertz CT molecular complexity index is 471. The third-order valence-electron chi connectivity index (χ3n) is 4.27. The van der Waals surface area contributed by atoms with Crippen LogP contribution in [0.5, 0.6) is 5.88 Å². The van der Waals surface area contributed by atoms with Gasteiger partial charge in [-0.05, 0) is 63.4 Å². The SMILES string of the molecule is COc1ncccc1C(=O)NCCCCN1CCC(C)CC1. The van der Waals surface area contributed by atoms with Gasteiger partial charge in [-0.25, -0.2) is 4.98 Å². The van der Waals surface area contributed by atoms with Crippen LogP contribution in [0.4, 0.5) is 0 Å². The van der Waals surface area contributed by atoms with Gasteiger partial charge in [0, 0.05) is 12.7 Å². The Kier molecular flexibility index (Phi) is 6.65. The van der Waals surface area contributed by atoms with Crippen LogP contribution in [-0.2, 0) is 0 Å². The molecule has 2 rings (SSSR count). The van der Waals surface area contributed by atoms with Crippen LogP contribution in [0.3, 0.4) is 0 Å². The Balaban J connectivity index is 1.63. The molecular weight excluding hydrogens is 278 g/mol. The summed E-state index contributed by atoms with van der Waals surface area (Å²) in [5.74, 6) is 1.14. The lowest BCUT2D eigenvalue weighted by atomic mass is 9.99. The Hall–Kier alpha value is -1.62. The first-order chi connectivity index (χ1) is 10.7. The minimum atomic E-state index is -0.114. The van der Waals surface area contributed by atoms with Gasteiger partial charge < -0.3 is 15.0 Å². The zero-order valence-electron chi connectivity index (χ0n) is 13.7. The second-order valence-electron chi connectivity index (χ2n) is 6.05. The van der Waals surface area contributed by atoms with Crippen molar-refractivity contribution in [2.45, 2.75) is 32.6 Å². The molecule has 0 bridgehead atoms. The monoisotopic (exact) mass is 305 g/mol. The fourth-order valence-electron chi connectivity index (χ4n) is 2.77. The lowest BCUT2D eigenvalue weighted by molar-refractivity contribution is 0.0948. The number of amides is 1. The molecule has 0 saturated carbocycles. The van der Waals surface area contributed by atoms with Crippen molar-refractivity contribution < 1.29 is 9.53 Å². The van der Waals surface area contributed by atoms with Crippen molar-refractivity contribution in [3.63, 3.8) is 0 Å². The summed E-state index contributed by atoms with van der Waals surface area (Å²) in [7, 11) is 1.53. The molecule has 5 heteroatoms. The Morgan fingerprint density at radius 2 is 2.18 bits per heavy atom. The number of rotatable bonds is 7. The van der Waals surface area contributed by atoms with Gasteiger partial charge in [-0.1, -0.05) is 6.92 Å². The maximum absolute atomic E-state index is 12.1. The van der Waals surface area contributed by atoms with E-state index in [2.05, 4.69) is 22.1 Å². The highest BCUT2D eigenvalue weighted by Gasteiger charge is 2.15.